The third-order valence-corrected chi connectivity index (χ3v) is 3.48. The van der Waals surface area contributed by atoms with E-state index in [9.17, 15) is 4.79 Å². The molecule has 0 bridgehead atoms. The second-order valence-corrected chi connectivity index (χ2v) is 6.04. The summed E-state index contributed by atoms with van der Waals surface area (Å²) < 4.78 is 16.1. The van der Waals surface area contributed by atoms with Crippen molar-refractivity contribution in [1.82, 2.24) is 5.43 Å². The van der Waals surface area contributed by atoms with Crippen LogP contribution in [-0.2, 0) is 0 Å². The molecular weight excluding hydrogens is 320 g/mol. The number of rotatable bonds is 6. The number of hydrazone groups is 1. The lowest BCUT2D eigenvalue weighted by atomic mass is 10.2. The van der Waals surface area contributed by atoms with Crippen LogP contribution in [0.2, 0.25) is 0 Å². The summed E-state index contributed by atoms with van der Waals surface area (Å²) in [6.45, 7) is 5.04. The van der Waals surface area contributed by atoms with Crippen LogP contribution in [0, 0.1) is 5.92 Å². The number of nitrogens with one attached hydrogen (secondary N) is 1. The van der Waals surface area contributed by atoms with E-state index in [1.165, 1.54) is 0 Å². The molecule has 6 nitrogen and oxygen atoms in total. The van der Waals surface area contributed by atoms with E-state index in [0.717, 1.165) is 11.3 Å². The molecule has 0 unspecified atom stereocenters. The van der Waals surface area contributed by atoms with Gasteiger partial charge in [-0.1, -0.05) is 13.8 Å². The summed E-state index contributed by atoms with van der Waals surface area (Å²) in [6.07, 6.45) is 1.56. The van der Waals surface area contributed by atoms with Crippen LogP contribution in [0.4, 0.5) is 0 Å². The fraction of sp³-hybridized carbons (Fsp3) is 0.263. The molecule has 2 aromatic carbocycles. The molecule has 6 heteroatoms. The lowest BCUT2D eigenvalue weighted by Gasteiger charge is -2.08. The van der Waals surface area contributed by atoms with Crippen LogP contribution in [0.1, 0.15) is 29.8 Å². The number of carbonyl (C=O) groups excluding carboxylic acids is 1. The van der Waals surface area contributed by atoms with Gasteiger partial charge in [-0.3, -0.25) is 4.79 Å². The van der Waals surface area contributed by atoms with E-state index in [4.69, 9.17) is 14.2 Å². The van der Waals surface area contributed by atoms with Crippen LogP contribution < -0.4 is 19.6 Å². The number of hydrogen-bond acceptors (Lipinski definition) is 5. The maximum Gasteiger partial charge on any atom is 0.271 e. The van der Waals surface area contributed by atoms with Crippen molar-refractivity contribution in [3.63, 3.8) is 0 Å². The van der Waals surface area contributed by atoms with Crippen molar-refractivity contribution in [1.29, 1.82) is 0 Å². The second kappa shape index (κ2) is 7.70. The van der Waals surface area contributed by atoms with Gasteiger partial charge < -0.3 is 14.2 Å². The Balaban J connectivity index is 1.55. The van der Waals surface area contributed by atoms with Crippen molar-refractivity contribution < 1.29 is 19.0 Å². The first-order chi connectivity index (χ1) is 12.1. The van der Waals surface area contributed by atoms with Crippen LogP contribution in [0.5, 0.6) is 17.2 Å². The van der Waals surface area contributed by atoms with Crippen LogP contribution in [0.15, 0.2) is 47.6 Å². The fourth-order valence-electron chi connectivity index (χ4n) is 2.19. The van der Waals surface area contributed by atoms with Gasteiger partial charge in [0.25, 0.3) is 5.91 Å². The Kier molecular flexibility index (Phi) is 5.18. The van der Waals surface area contributed by atoms with E-state index in [1.54, 1.807) is 42.6 Å². The summed E-state index contributed by atoms with van der Waals surface area (Å²) >= 11 is 0. The fourth-order valence-corrected chi connectivity index (χ4v) is 2.19. The van der Waals surface area contributed by atoms with Crippen LogP contribution in [0.25, 0.3) is 0 Å². The van der Waals surface area contributed by atoms with Crippen molar-refractivity contribution in [2.75, 3.05) is 13.4 Å². The van der Waals surface area contributed by atoms with Crippen molar-refractivity contribution >= 4 is 12.1 Å². The van der Waals surface area contributed by atoms with Gasteiger partial charge in [-0.2, -0.15) is 5.10 Å². The number of amides is 1. The van der Waals surface area contributed by atoms with Crippen molar-refractivity contribution in [3.05, 3.63) is 53.6 Å². The maximum atomic E-state index is 12.1. The third kappa shape index (κ3) is 4.50. The zero-order chi connectivity index (χ0) is 17.6. The Morgan fingerprint density at radius 2 is 1.96 bits per heavy atom. The van der Waals surface area contributed by atoms with Gasteiger partial charge in [0.1, 0.15) is 5.75 Å². The predicted octanol–water partition coefficient (Wildman–Crippen LogP) is 3.21. The summed E-state index contributed by atoms with van der Waals surface area (Å²) in [4.78, 5) is 12.1. The first-order valence-corrected chi connectivity index (χ1v) is 8.08. The smallest absolute Gasteiger partial charge is 0.271 e. The normalized spacial score (nSPS) is 12.6. The maximum absolute atomic E-state index is 12.1. The molecule has 0 saturated heterocycles. The van der Waals surface area contributed by atoms with Gasteiger partial charge in [0, 0.05) is 5.56 Å². The number of nitrogens with zero attached hydrogens (tertiary/aromatic N) is 1. The molecule has 1 heterocycles. The summed E-state index contributed by atoms with van der Waals surface area (Å²) in [5.74, 6) is 2.29. The zero-order valence-corrected chi connectivity index (χ0v) is 14.2. The van der Waals surface area contributed by atoms with Gasteiger partial charge in [-0.05, 0) is 53.9 Å². The van der Waals surface area contributed by atoms with Gasteiger partial charge in [0.2, 0.25) is 6.79 Å². The first kappa shape index (κ1) is 16.8. The van der Waals surface area contributed by atoms with E-state index in [-0.39, 0.29) is 12.7 Å². The Morgan fingerprint density at radius 3 is 2.72 bits per heavy atom. The topological polar surface area (TPSA) is 69.2 Å². The minimum atomic E-state index is -0.285. The molecular formula is C19H20N2O4. The highest BCUT2D eigenvalue weighted by molar-refractivity contribution is 5.95. The van der Waals surface area contributed by atoms with Gasteiger partial charge in [-0.25, -0.2) is 5.43 Å². The summed E-state index contributed by atoms with van der Waals surface area (Å²) in [6, 6.07) is 12.4. The number of benzene rings is 2. The van der Waals surface area contributed by atoms with E-state index in [1.807, 2.05) is 6.07 Å². The van der Waals surface area contributed by atoms with Crippen molar-refractivity contribution in [2.45, 2.75) is 13.8 Å². The van der Waals surface area contributed by atoms with Crippen LogP contribution >= 0.6 is 0 Å². The van der Waals surface area contributed by atoms with Crippen molar-refractivity contribution in [2.24, 2.45) is 11.0 Å². The number of ether oxygens (including phenoxy) is 3. The van der Waals surface area contributed by atoms with Gasteiger partial charge in [0.05, 0.1) is 12.8 Å². The highest BCUT2D eigenvalue weighted by atomic mass is 16.7. The van der Waals surface area contributed by atoms with Crippen LogP contribution in [-0.4, -0.2) is 25.5 Å². The van der Waals surface area contributed by atoms with E-state index in [0.29, 0.717) is 29.6 Å². The molecule has 1 aliphatic rings. The Hall–Kier alpha value is -3.02. The lowest BCUT2D eigenvalue weighted by Crippen LogP contribution is -2.17. The quantitative estimate of drug-likeness (QED) is 0.647. The Labute approximate surface area is 146 Å². The number of fused-ring (bicyclic) bond motifs is 1. The summed E-state index contributed by atoms with van der Waals surface area (Å²) in [5.41, 5.74) is 3.82. The molecule has 25 heavy (non-hydrogen) atoms. The Morgan fingerprint density at radius 1 is 1.20 bits per heavy atom. The van der Waals surface area contributed by atoms with E-state index < -0.39 is 0 Å². The summed E-state index contributed by atoms with van der Waals surface area (Å²) in [7, 11) is 0. The first-order valence-electron chi connectivity index (χ1n) is 8.08. The zero-order valence-electron chi connectivity index (χ0n) is 14.2. The monoisotopic (exact) mass is 340 g/mol. The molecule has 2 aromatic rings. The summed E-state index contributed by atoms with van der Waals surface area (Å²) in [5, 5.41) is 3.97. The molecule has 0 radical (unpaired) electrons. The SMILES string of the molecule is CC(C)COc1ccc(C(=O)NN=Cc2ccc3c(c2)OCO3)cc1. The minimum Gasteiger partial charge on any atom is -0.493 e. The van der Waals surface area contributed by atoms with Gasteiger partial charge >= 0.3 is 0 Å². The van der Waals surface area contributed by atoms with E-state index in [2.05, 4.69) is 24.4 Å². The average Bonchev–Trinajstić information content (AvgIpc) is 3.08. The van der Waals surface area contributed by atoms with Crippen LogP contribution in [0.3, 0.4) is 0 Å². The molecule has 0 aliphatic carbocycles. The second-order valence-electron chi connectivity index (χ2n) is 6.04. The standard InChI is InChI=1S/C19H20N2O4/c1-13(2)11-23-16-6-4-15(5-7-16)19(22)21-20-10-14-3-8-17-18(9-14)25-12-24-17/h3-10,13H,11-12H2,1-2H3,(H,21,22). The molecule has 1 amide bonds. The molecule has 130 valence electrons. The third-order valence-electron chi connectivity index (χ3n) is 3.48. The van der Waals surface area contributed by atoms with Gasteiger partial charge in [-0.15, -0.1) is 0 Å². The number of hydrogen-bond donors (Lipinski definition) is 1. The molecule has 0 aromatic heterocycles. The number of carbonyl (C=O) groups is 1. The molecule has 0 atom stereocenters. The highest BCUT2D eigenvalue weighted by Crippen LogP contribution is 2.31. The molecule has 0 saturated carbocycles. The molecule has 0 spiro atoms. The predicted molar refractivity (Wildman–Crippen MR) is 94.4 cm³/mol. The lowest BCUT2D eigenvalue weighted by molar-refractivity contribution is 0.0955. The highest BCUT2D eigenvalue weighted by Gasteiger charge is 2.12. The van der Waals surface area contributed by atoms with Crippen molar-refractivity contribution in [3.8, 4) is 17.2 Å². The largest absolute Gasteiger partial charge is 0.493 e. The molecule has 1 N–H and O–H groups in total. The molecule has 3 rings (SSSR count). The Bertz CT molecular complexity index is 769. The van der Waals surface area contributed by atoms with E-state index >= 15 is 0 Å². The minimum absolute atomic E-state index is 0.226. The molecule has 1 aliphatic heterocycles. The average molecular weight is 340 g/mol. The molecule has 0 fully saturated rings. The van der Waals surface area contributed by atoms with Gasteiger partial charge in [0.15, 0.2) is 11.5 Å².